The summed E-state index contributed by atoms with van der Waals surface area (Å²) in [6.07, 6.45) is -0.236. The van der Waals surface area contributed by atoms with E-state index in [1.54, 1.807) is 50.1 Å². The van der Waals surface area contributed by atoms with Gasteiger partial charge in [0.15, 0.2) is 0 Å². The molecule has 1 fully saturated rings. The zero-order valence-corrected chi connectivity index (χ0v) is 21.5. The molecule has 0 unspecified atom stereocenters. The molecule has 1 aliphatic heterocycles. The van der Waals surface area contributed by atoms with Crippen molar-refractivity contribution >= 4 is 18.9 Å². The van der Waals surface area contributed by atoms with Crippen LogP contribution in [0.5, 0.6) is 5.75 Å². The summed E-state index contributed by atoms with van der Waals surface area (Å²) < 4.78 is 48.2. The molecule has 0 spiro atoms. The zero-order chi connectivity index (χ0) is 27.6. The van der Waals surface area contributed by atoms with Gasteiger partial charge in [0, 0.05) is 37.9 Å². The summed E-state index contributed by atoms with van der Waals surface area (Å²) in [5.41, 5.74) is 1.30. The molecule has 0 atom stereocenters. The third kappa shape index (κ3) is 5.95. The first-order valence-electron chi connectivity index (χ1n) is 12.4. The summed E-state index contributed by atoms with van der Waals surface area (Å²) in [6, 6.07) is 10.7. The lowest BCUT2D eigenvalue weighted by molar-refractivity contribution is -0.137. The Balaban J connectivity index is 1.74. The number of ether oxygens (including phenoxy) is 1. The molecule has 1 aliphatic carbocycles. The number of rotatable bonds is 7. The molecule has 1 N–H and O–H groups in total. The number of nitrogens with zero attached hydrogens (tertiary/aromatic N) is 3. The second kappa shape index (κ2) is 11.1. The minimum absolute atomic E-state index is 0.00390. The Bertz CT molecular complexity index is 1320. The molecule has 4 rings (SSSR count). The van der Waals surface area contributed by atoms with E-state index in [-0.39, 0.29) is 23.7 Å². The number of hydrogen-bond acceptors (Lipinski definition) is 6. The number of nitriles is 1. The lowest BCUT2D eigenvalue weighted by Gasteiger charge is -2.33. The number of carbonyl (C=O) groups is 1. The van der Waals surface area contributed by atoms with Crippen molar-refractivity contribution in [1.29, 1.82) is 5.26 Å². The smallest absolute Gasteiger partial charge is 0.417 e. The van der Waals surface area contributed by atoms with Gasteiger partial charge in [-0.3, -0.25) is 4.79 Å². The Kier molecular flexibility index (Phi) is 8.00. The van der Waals surface area contributed by atoms with Gasteiger partial charge in [0.2, 0.25) is 5.78 Å². The van der Waals surface area contributed by atoms with Crippen LogP contribution in [0, 0.1) is 11.3 Å². The minimum Gasteiger partial charge on any atom is -0.490 e. The van der Waals surface area contributed by atoms with Crippen LogP contribution in [0.2, 0.25) is 6.82 Å². The molecule has 2 aliphatic rings. The van der Waals surface area contributed by atoms with Crippen LogP contribution in [0.4, 0.5) is 13.2 Å². The van der Waals surface area contributed by atoms with Crippen LogP contribution in [0.1, 0.15) is 29.5 Å². The van der Waals surface area contributed by atoms with Crippen molar-refractivity contribution in [3.8, 4) is 22.9 Å². The van der Waals surface area contributed by atoms with E-state index < -0.39 is 24.6 Å². The molecule has 2 aromatic carbocycles. The predicted molar refractivity (Wildman–Crippen MR) is 140 cm³/mol. The first-order valence-corrected chi connectivity index (χ1v) is 12.4. The van der Waals surface area contributed by atoms with Crippen molar-refractivity contribution in [3.63, 3.8) is 0 Å². The average Bonchev–Trinajstić information content (AvgIpc) is 3.29. The number of allylic oxidation sites excluding steroid dienone is 2. The van der Waals surface area contributed by atoms with Gasteiger partial charge in [-0.15, -0.1) is 0 Å². The fraction of sp³-hybridized carbons (Fsp3) is 0.357. The number of carbonyl (C=O) groups excluding carboxylic acids is 1. The topological polar surface area (TPSA) is 76.8 Å². The third-order valence-corrected chi connectivity index (χ3v) is 6.82. The van der Waals surface area contributed by atoms with Crippen LogP contribution in [0.3, 0.4) is 0 Å². The van der Waals surface area contributed by atoms with Gasteiger partial charge in [-0.2, -0.15) is 18.4 Å². The van der Waals surface area contributed by atoms with Crippen molar-refractivity contribution in [2.24, 2.45) is 0 Å². The van der Waals surface area contributed by atoms with Gasteiger partial charge < -0.3 is 19.5 Å². The molecule has 0 radical (unpaired) electrons. The number of Topliss-reactive ketones (excluding diaryl/α,β-unsaturated/α-hetero) is 1. The quantitative estimate of drug-likeness (QED) is 0.319. The standard InChI is InChI=1S/C28H29BF3N3O3/c1-29(37)35-10-8-22(9-11-35)38-26-15-19-13-20(27(36)21(16-33)17-34(2)3)12-18(19)14-24(26)23-6-4-5-7-25(23)28(30,31)32/h4-7,13-15,17,22,37H,8-12H2,1-3H3/b21-17+. The molecular weight excluding hydrogens is 494 g/mol. The van der Waals surface area contributed by atoms with Crippen LogP contribution in [0.25, 0.3) is 17.2 Å². The number of fused-ring (bicyclic) bond motifs is 1. The Labute approximate surface area is 220 Å². The fourth-order valence-corrected chi connectivity index (χ4v) is 4.91. The monoisotopic (exact) mass is 523 g/mol. The zero-order valence-electron chi connectivity index (χ0n) is 21.5. The van der Waals surface area contributed by atoms with Crippen molar-refractivity contribution in [2.75, 3.05) is 27.2 Å². The molecule has 1 heterocycles. The van der Waals surface area contributed by atoms with Crippen molar-refractivity contribution in [1.82, 2.24) is 9.71 Å². The van der Waals surface area contributed by atoms with Gasteiger partial charge in [0.1, 0.15) is 23.5 Å². The Hall–Kier alpha value is -3.55. The van der Waals surface area contributed by atoms with E-state index in [1.165, 1.54) is 18.3 Å². The summed E-state index contributed by atoms with van der Waals surface area (Å²) in [5, 5.41) is 19.3. The number of benzene rings is 2. The van der Waals surface area contributed by atoms with Gasteiger partial charge >= 0.3 is 13.2 Å². The van der Waals surface area contributed by atoms with E-state index in [0.717, 1.165) is 6.07 Å². The maximum Gasteiger partial charge on any atom is 0.417 e. The highest BCUT2D eigenvalue weighted by Gasteiger charge is 2.35. The predicted octanol–water partition coefficient (Wildman–Crippen LogP) is 4.80. The Morgan fingerprint density at radius 2 is 1.89 bits per heavy atom. The fourth-order valence-electron chi connectivity index (χ4n) is 4.91. The van der Waals surface area contributed by atoms with Gasteiger partial charge in [0.25, 0.3) is 0 Å². The maximum atomic E-state index is 14.0. The molecule has 198 valence electrons. The van der Waals surface area contributed by atoms with Gasteiger partial charge in [-0.25, -0.2) is 0 Å². The Morgan fingerprint density at radius 3 is 2.50 bits per heavy atom. The van der Waals surface area contributed by atoms with Crippen molar-refractivity contribution in [3.05, 3.63) is 70.4 Å². The van der Waals surface area contributed by atoms with Crippen LogP contribution in [-0.4, -0.2) is 60.9 Å². The number of ketones is 1. The average molecular weight is 523 g/mol. The maximum absolute atomic E-state index is 14.0. The van der Waals surface area contributed by atoms with E-state index in [0.29, 0.717) is 53.9 Å². The molecule has 0 aromatic heterocycles. The number of hydrogen-bond donors (Lipinski definition) is 1. The van der Waals surface area contributed by atoms with Gasteiger partial charge in [0.05, 0.1) is 5.56 Å². The molecule has 10 heteroatoms. The van der Waals surface area contributed by atoms with Crippen LogP contribution < -0.4 is 4.74 Å². The molecule has 0 amide bonds. The molecule has 2 aromatic rings. The minimum atomic E-state index is -4.56. The van der Waals surface area contributed by atoms with Crippen molar-refractivity contribution < 1.29 is 27.7 Å². The van der Waals surface area contributed by atoms with E-state index in [9.17, 15) is 28.3 Å². The van der Waals surface area contributed by atoms with Crippen LogP contribution >= 0.6 is 0 Å². The van der Waals surface area contributed by atoms with Gasteiger partial charge in [-0.1, -0.05) is 18.2 Å². The highest BCUT2D eigenvalue weighted by Crippen LogP contribution is 2.43. The van der Waals surface area contributed by atoms with E-state index in [1.807, 2.05) is 10.9 Å². The van der Waals surface area contributed by atoms with E-state index in [2.05, 4.69) is 0 Å². The van der Waals surface area contributed by atoms with Crippen LogP contribution in [0.15, 0.2) is 53.7 Å². The lowest BCUT2D eigenvalue weighted by Crippen LogP contribution is -2.45. The van der Waals surface area contributed by atoms with Gasteiger partial charge in [-0.05, 0) is 73.7 Å². The first-order chi connectivity index (χ1) is 18.0. The SMILES string of the molecule is CB(O)N1CCC(Oc2cc3c(cc2-c2ccccc2C(F)(F)F)CC(C(=O)/C(C#N)=C/N(C)C)=C3)CC1. The first kappa shape index (κ1) is 27.5. The van der Waals surface area contributed by atoms with Crippen LogP contribution in [-0.2, 0) is 17.4 Å². The molecule has 38 heavy (non-hydrogen) atoms. The summed E-state index contributed by atoms with van der Waals surface area (Å²) in [7, 11) is 2.84. The summed E-state index contributed by atoms with van der Waals surface area (Å²) in [4.78, 5) is 16.5. The third-order valence-electron chi connectivity index (χ3n) is 6.82. The largest absolute Gasteiger partial charge is 0.490 e. The number of alkyl halides is 3. The van der Waals surface area contributed by atoms with E-state index >= 15 is 0 Å². The highest BCUT2D eigenvalue weighted by molar-refractivity contribution is 6.45. The summed E-state index contributed by atoms with van der Waals surface area (Å²) in [6.45, 7) is 2.91. The second-order valence-electron chi connectivity index (χ2n) is 9.87. The molecule has 6 nitrogen and oxygen atoms in total. The highest BCUT2D eigenvalue weighted by atomic mass is 19.4. The Morgan fingerprint density at radius 1 is 1.21 bits per heavy atom. The number of piperidine rings is 1. The second-order valence-corrected chi connectivity index (χ2v) is 9.87. The van der Waals surface area contributed by atoms with Crippen molar-refractivity contribution in [2.45, 2.75) is 38.4 Å². The molecule has 0 bridgehead atoms. The molecular formula is C28H29BF3N3O3. The molecule has 1 saturated heterocycles. The van der Waals surface area contributed by atoms with E-state index in [4.69, 9.17) is 4.74 Å². The lowest BCUT2D eigenvalue weighted by atomic mass is 9.82. The summed E-state index contributed by atoms with van der Waals surface area (Å²) >= 11 is 0. The molecule has 0 saturated carbocycles. The summed E-state index contributed by atoms with van der Waals surface area (Å²) in [5.74, 6) is -0.104. The number of halogens is 3. The normalized spacial score (nSPS) is 16.5.